The maximum Gasteiger partial charge on any atom is 0.273 e. The van der Waals surface area contributed by atoms with E-state index < -0.39 is 0 Å². The van der Waals surface area contributed by atoms with Gasteiger partial charge in [0.05, 0.1) is 18.3 Å². The molecule has 3 aromatic carbocycles. The smallest absolute Gasteiger partial charge is 0.273 e. The van der Waals surface area contributed by atoms with E-state index in [0.717, 1.165) is 33.3 Å². The zero-order chi connectivity index (χ0) is 23.5. The number of rotatable bonds is 6. The molecule has 0 aliphatic heterocycles. The molecule has 0 aliphatic carbocycles. The van der Waals surface area contributed by atoms with E-state index in [2.05, 4.69) is 10.5 Å². The second kappa shape index (κ2) is 9.37. The van der Waals surface area contributed by atoms with Crippen LogP contribution in [0.4, 0.5) is 0 Å². The SMILES string of the molecule is Cn1cc(C(=O)NN=Cc2cn(Cc3ccc(Cl)cc3)nc2-c2ccccc2)c2ccccc21. The normalized spacial score (nSPS) is 11.4. The summed E-state index contributed by atoms with van der Waals surface area (Å²) in [5.74, 6) is -0.261. The molecule has 5 rings (SSSR count). The summed E-state index contributed by atoms with van der Waals surface area (Å²) in [4.78, 5) is 12.8. The minimum Gasteiger partial charge on any atom is -0.350 e. The molecule has 7 heteroatoms. The third-order valence-electron chi connectivity index (χ3n) is 5.61. The zero-order valence-electron chi connectivity index (χ0n) is 18.5. The van der Waals surface area contributed by atoms with Crippen molar-refractivity contribution in [3.05, 3.63) is 113 Å². The number of para-hydroxylation sites is 1. The van der Waals surface area contributed by atoms with Gasteiger partial charge in [0, 0.05) is 46.5 Å². The first-order chi connectivity index (χ1) is 16.6. The highest BCUT2D eigenvalue weighted by molar-refractivity contribution is 6.30. The van der Waals surface area contributed by atoms with Gasteiger partial charge in [0.2, 0.25) is 0 Å². The summed E-state index contributed by atoms with van der Waals surface area (Å²) < 4.78 is 3.79. The molecule has 0 fully saturated rings. The van der Waals surface area contributed by atoms with Gasteiger partial charge in [-0.3, -0.25) is 9.48 Å². The van der Waals surface area contributed by atoms with E-state index in [0.29, 0.717) is 17.1 Å². The van der Waals surface area contributed by atoms with Crippen molar-refractivity contribution in [2.75, 3.05) is 0 Å². The quantitative estimate of drug-likeness (QED) is 0.264. The summed E-state index contributed by atoms with van der Waals surface area (Å²) >= 11 is 6.01. The monoisotopic (exact) mass is 467 g/mol. The van der Waals surface area contributed by atoms with Crippen LogP contribution in [0.2, 0.25) is 5.02 Å². The van der Waals surface area contributed by atoms with E-state index >= 15 is 0 Å². The lowest BCUT2D eigenvalue weighted by atomic mass is 10.1. The van der Waals surface area contributed by atoms with Gasteiger partial charge in [-0.1, -0.05) is 72.3 Å². The molecule has 0 saturated heterocycles. The molecule has 0 aliphatic rings. The summed E-state index contributed by atoms with van der Waals surface area (Å²) in [6.07, 6.45) is 5.37. The molecule has 0 spiro atoms. The number of benzene rings is 3. The lowest BCUT2D eigenvalue weighted by Crippen LogP contribution is -2.17. The Kier molecular flexibility index (Phi) is 5.97. The number of carbonyl (C=O) groups is 1. The Morgan fingerprint density at radius 3 is 2.53 bits per heavy atom. The minimum absolute atomic E-state index is 0.261. The summed E-state index contributed by atoms with van der Waals surface area (Å²) in [7, 11) is 1.92. The van der Waals surface area contributed by atoms with E-state index in [1.54, 1.807) is 6.21 Å². The number of hydrazone groups is 1. The molecule has 0 unspecified atom stereocenters. The van der Waals surface area contributed by atoms with Crippen molar-refractivity contribution in [3.8, 4) is 11.3 Å². The second-order valence-electron chi connectivity index (χ2n) is 7.99. The number of nitrogens with one attached hydrogen (secondary N) is 1. The van der Waals surface area contributed by atoms with Gasteiger partial charge in [-0.15, -0.1) is 0 Å². The average Bonchev–Trinajstić information content (AvgIpc) is 3.42. The maximum atomic E-state index is 12.8. The number of aryl methyl sites for hydroxylation is 1. The Balaban J connectivity index is 1.40. The fourth-order valence-corrected chi connectivity index (χ4v) is 4.08. The fourth-order valence-electron chi connectivity index (χ4n) is 3.95. The number of nitrogens with zero attached hydrogens (tertiary/aromatic N) is 4. The highest BCUT2D eigenvalue weighted by Gasteiger charge is 2.14. The van der Waals surface area contributed by atoms with Crippen molar-refractivity contribution < 1.29 is 4.79 Å². The lowest BCUT2D eigenvalue weighted by molar-refractivity contribution is 0.0956. The Morgan fingerprint density at radius 2 is 1.74 bits per heavy atom. The van der Waals surface area contributed by atoms with Crippen LogP contribution in [0.5, 0.6) is 0 Å². The molecule has 0 atom stereocenters. The van der Waals surface area contributed by atoms with Gasteiger partial charge in [0.25, 0.3) is 5.91 Å². The topological polar surface area (TPSA) is 64.2 Å². The molecule has 6 nitrogen and oxygen atoms in total. The third kappa shape index (κ3) is 4.49. The minimum atomic E-state index is -0.261. The van der Waals surface area contributed by atoms with Crippen LogP contribution in [0.25, 0.3) is 22.2 Å². The summed E-state index contributed by atoms with van der Waals surface area (Å²) in [5.41, 5.74) is 7.88. The number of hydrogen-bond donors (Lipinski definition) is 1. The second-order valence-corrected chi connectivity index (χ2v) is 8.43. The Bertz CT molecular complexity index is 1480. The Hall–Kier alpha value is -4.16. The average molecular weight is 468 g/mol. The van der Waals surface area contributed by atoms with Crippen LogP contribution in [0.1, 0.15) is 21.5 Å². The first-order valence-corrected chi connectivity index (χ1v) is 11.2. The van der Waals surface area contributed by atoms with Crippen LogP contribution in [0, 0.1) is 0 Å². The molecular formula is C27H22ClN5O. The van der Waals surface area contributed by atoms with Gasteiger partial charge in [-0.25, -0.2) is 5.43 Å². The summed E-state index contributed by atoms with van der Waals surface area (Å²) in [5, 5.41) is 10.6. The largest absolute Gasteiger partial charge is 0.350 e. The number of aromatic nitrogens is 3. The van der Waals surface area contributed by atoms with Crippen molar-refractivity contribution in [1.82, 2.24) is 19.8 Å². The zero-order valence-corrected chi connectivity index (χ0v) is 19.3. The number of hydrogen-bond acceptors (Lipinski definition) is 3. The standard InChI is InChI=1S/C27H22ClN5O/c1-32-18-24(23-9-5-6-10-25(23)32)27(34)30-29-15-21-17-33(16-19-11-13-22(28)14-12-19)31-26(21)20-7-3-2-4-8-20/h2-15,17-18H,16H2,1H3,(H,30,34). The highest BCUT2D eigenvalue weighted by atomic mass is 35.5. The molecule has 1 amide bonds. The Labute approximate surface area is 202 Å². The number of halogens is 1. The molecule has 5 aromatic rings. The van der Waals surface area contributed by atoms with E-state index in [1.807, 2.05) is 108 Å². The van der Waals surface area contributed by atoms with Crippen LogP contribution in [0.3, 0.4) is 0 Å². The molecule has 0 saturated carbocycles. The van der Waals surface area contributed by atoms with E-state index in [-0.39, 0.29) is 5.91 Å². The van der Waals surface area contributed by atoms with E-state index in [4.69, 9.17) is 16.7 Å². The lowest BCUT2D eigenvalue weighted by Gasteiger charge is -2.02. The van der Waals surface area contributed by atoms with Crippen molar-refractivity contribution in [2.24, 2.45) is 12.1 Å². The highest BCUT2D eigenvalue weighted by Crippen LogP contribution is 2.22. The molecule has 0 radical (unpaired) electrons. The first kappa shape index (κ1) is 21.7. The van der Waals surface area contributed by atoms with Gasteiger partial charge in [0.15, 0.2) is 0 Å². The molecular weight excluding hydrogens is 446 g/mol. The van der Waals surface area contributed by atoms with Crippen LogP contribution in [0.15, 0.2) is 96.4 Å². The molecule has 2 heterocycles. The fraction of sp³-hybridized carbons (Fsp3) is 0.0741. The molecule has 2 aromatic heterocycles. The molecule has 34 heavy (non-hydrogen) atoms. The van der Waals surface area contributed by atoms with Gasteiger partial charge in [0.1, 0.15) is 5.69 Å². The number of fused-ring (bicyclic) bond motifs is 1. The predicted molar refractivity (Wildman–Crippen MR) is 136 cm³/mol. The van der Waals surface area contributed by atoms with E-state index in [9.17, 15) is 4.79 Å². The van der Waals surface area contributed by atoms with Gasteiger partial charge < -0.3 is 4.57 Å². The maximum absolute atomic E-state index is 12.8. The van der Waals surface area contributed by atoms with E-state index in [1.165, 1.54) is 0 Å². The third-order valence-corrected chi connectivity index (χ3v) is 5.86. The van der Waals surface area contributed by atoms with Crippen LogP contribution < -0.4 is 5.43 Å². The predicted octanol–water partition coefficient (Wildman–Crippen LogP) is 5.51. The van der Waals surface area contributed by atoms with Crippen molar-refractivity contribution in [2.45, 2.75) is 6.54 Å². The van der Waals surface area contributed by atoms with Crippen LogP contribution in [-0.2, 0) is 13.6 Å². The number of carbonyl (C=O) groups excluding carboxylic acids is 1. The van der Waals surface area contributed by atoms with Crippen molar-refractivity contribution in [3.63, 3.8) is 0 Å². The first-order valence-electron chi connectivity index (χ1n) is 10.8. The van der Waals surface area contributed by atoms with Crippen molar-refractivity contribution >= 4 is 34.6 Å². The van der Waals surface area contributed by atoms with Crippen LogP contribution in [-0.4, -0.2) is 26.5 Å². The van der Waals surface area contributed by atoms with Crippen LogP contribution >= 0.6 is 11.6 Å². The molecule has 0 bridgehead atoms. The molecule has 1 N–H and O–H groups in total. The summed E-state index contributed by atoms with van der Waals surface area (Å²) in [6.45, 7) is 0.590. The molecule has 168 valence electrons. The Morgan fingerprint density at radius 1 is 1.00 bits per heavy atom. The van der Waals surface area contributed by atoms with Gasteiger partial charge in [-0.2, -0.15) is 10.2 Å². The van der Waals surface area contributed by atoms with Crippen molar-refractivity contribution in [1.29, 1.82) is 0 Å². The van der Waals surface area contributed by atoms with Gasteiger partial charge >= 0.3 is 0 Å². The summed E-state index contributed by atoms with van der Waals surface area (Å²) in [6, 6.07) is 25.4. The van der Waals surface area contributed by atoms with Gasteiger partial charge in [-0.05, 0) is 23.8 Å². The number of amides is 1.